The quantitative estimate of drug-likeness (QED) is 0.832. The Balaban J connectivity index is 2.58. The molecule has 86 valence electrons. The molecule has 0 aliphatic rings. The summed E-state index contributed by atoms with van der Waals surface area (Å²) in [5.74, 6) is 0.710. The first-order valence-corrected chi connectivity index (χ1v) is 6.11. The van der Waals surface area contributed by atoms with Crippen molar-refractivity contribution in [3.8, 4) is 23.1 Å². The maximum Gasteiger partial charge on any atom is 0.194 e. The SMILES string of the molecule is COc1cc(C)c(Cl)cc1-c1csc(C#N)n1. The second kappa shape index (κ2) is 4.74. The summed E-state index contributed by atoms with van der Waals surface area (Å²) in [7, 11) is 1.60. The van der Waals surface area contributed by atoms with Crippen LogP contribution in [0.1, 0.15) is 10.6 Å². The summed E-state index contributed by atoms with van der Waals surface area (Å²) in [6.07, 6.45) is 0. The van der Waals surface area contributed by atoms with Gasteiger partial charge in [0.1, 0.15) is 11.8 Å². The average Bonchev–Trinajstić information content (AvgIpc) is 2.80. The zero-order valence-electron chi connectivity index (χ0n) is 9.32. The van der Waals surface area contributed by atoms with Gasteiger partial charge in [0.15, 0.2) is 5.01 Å². The lowest BCUT2D eigenvalue weighted by molar-refractivity contribution is 0.416. The molecule has 0 spiro atoms. The van der Waals surface area contributed by atoms with E-state index in [-0.39, 0.29) is 0 Å². The summed E-state index contributed by atoms with van der Waals surface area (Å²) in [5, 5.41) is 11.7. The fourth-order valence-corrected chi connectivity index (χ4v) is 2.24. The second-order valence-electron chi connectivity index (χ2n) is 3.45. The number of hydrogen-bond acceptors (Lipinski definition) is 4. The molecule has 0 atom stereocenters. The molecule has 1 aromatic heterocycles. The van der Waals surface area contributed by atoms with E-state index in [0.29, 0.717) is 21.5 Å². The number of ether oxygens (including phenoxy) is 1. The van der Waals surface area contributed by atoms with Crippen molar-refractivity contribution in [1.29, 1.82) is 5.26 Å². The third-order valence-corrected chi connectivity index (χ3v) is 3.51. The molecule has 1 heterocycles. The molecular formula is C12H9ClN2OS. The average molecular weight is 265 g/mol. The van der Waals surface area contributed by atoms with Crippen LogP contribution in [-0.4, -0.2) is 12.1 Å². The maximum atomic E-state index is 8.76. The van der Waals surface area contributed by atoms with Crippen LogP contribution >= 0.6 is 22.9 Å². The number of thiazole rings is 1. The molecule has 0 radical (unpaired) electrons. The third kappa shape index (κ3) is 2.26. The Bertz CT molecular complexity index is 601. The summed E-state index contributed by atoms with van der Waals surface area (Å²) in [4.78, 5) is 4.20. The van der Waals surface area contributed by atoms with Gasteiger partial charge in [0.25, 0.3) is 0 Å². The van der Waals surface area contributed by atoms with Crippen LogP contribution < -0.4 is 4.74 Å². The van der Waals surface area contributed by atoms with Crippen molar-refractivity contribution in [3.63, 3.8) is 0 Å². The predicted octanol–water partition coefficient (Wildman–Crippen LogP) is 3.65. The number of benzene rings is 1. The highest BCUT2D eigenvalue weighted by molar-refractivity contribution is 7.10. The number of hydrogen-bond donors (Lipinski definition) is 0. The van der Waals surface area contributed by atoms with Crippen LogP contribution in [0.25, 0.3) is 11.3 Å². The van der Waals surface area contributed by atoms with E-state index in [2.05, 4.69) is 4.98 Å². The molecule has 2 rings (SSSR count). The molecule has 0 aliphatic heterocycles. The van der Waals surface area contributed by atoms with Crippen LogP contribution in [0.4, 0.5) is 0 Å². The molecule has 0 saturated carbocycles. The lowest BCUT2D eigenvalue weighted by Crippen LogP contribution is -1.90. The van der Waals surface area contributed by atoms with Crippen LogP contribution in [0.3, 0.4) is 0 Å². The molecule has 0 aliphatic carbocycles. The summed E-state index contributed by atoms with van der Waals surface area (Å²) >= 11 is 7.39. The molecule has 0 unspecified atom stereocenters. The van der Waals surface area contributed by atoms with Gasteiger partial charge >= 0.3 is 0 Å². The van der Waals surface area contributed by atoms with Crippen molar-refractivity contribution in [2.45, 2.75) is 6.92 Å². The number of aryl methyl sites for hydroxylation is 1. The molecule has 0 N–H and O–H groups in total. The van der Waals surface area contributed by atoms with Gasteiger partial charge in [-0.15, -0.1) is 11.3 Å². The van der Waals surface area contributed by atoms with Crippen molar-refractivity contribution in [2.24, 2.45) is 0 Å². The monoisotopic (exact) mass is 264 g/mol. The topological polar surface area (TPSA) is 45.9 Å². The molecule has 0 fully saturated rings. The normalized spacial score (nSPS) is 10.0. The Hall–Kier alpha value is -1.57. The highest BCUT2D eigenvalue weighted by Crippen LogP contribution is 2.34. The van der Waals surface area contributed by atoms with Gasteiger partial charge in [0.2, 0.25) is 0 Å². The molecule has 0 bridgehead atoms. The number of nitrogens with zero attached hydrogens (tertiary/aromatic N) is 2. The van der Waals surface area contributed by atoms with Crippen LogP contribution in [-0.2, 0) is 0 Å². The largest absolute Gasteiger partial charge is 0.496 e. The minimum absolute atomic E-state index is 0.429. The first-order chi connectivity index (χ1) is 8.15. The highest BCUT2D eigenvalue weighted by Gasteiger charge is 2.12. The molecule has 0 saturated heterocycles. The minimum atomic E-state index is 0.429. The summed E-state index contributed by atoms with van der Waals surface area (Å²) in [6.45, 7) is 1.91. The van der Waals surface area contributed by atoms with Crippen molar-refractivity contribution >= 4 is 22.9 Å². The van der Waals surface area contributed by atoms with Gasteiger partial charge < -0.3 is 4.74 Å². The lowest BCUT2D eigenvalue weighted by Gasteiger charge is -2.08. The Labute approximate surface area is 108 Å². The van der Waals surface area contributed by atoms with E-state index in [1.807, 2.05) is 30.5 Å². The van der Waals surface area contributed by atoms with Gasteiger partial charge in [-0.2, -0.15) is 5.26 Å². The van der Waals surface area contributed by atoms with Crippen molar-refractivity contribution in [2.75, 3.05) is 7.11 Å². The predicted molar refractivity (Wildman–Crippen MR) is 68.6 cm³/mol. The van der Waals surface area contributed by atoms with Crippen molar-refractivity contribution in [1.82, 2.24) is 4.98 Å². The van der Waals surface area contributed by atoms with Gasteiger partial charge in [0, 0.05) is 16.0 Å². The minimum Gasteiger partial charge on any atom is -0.496 e. The van der Waals surface area contributed by atoms with Gasteiger partial charge in [-0.1, -0.05) is 11.6 Å². The highest BCUT2D eigenvalue weighted by atomic mass is 35.5. The number of halogens is 1. The number of methoxy groups -OCH3 is 1. The number of aromatic nitrogens is 1. The van der Waals surface area contributed by atoms with Crippen LogP contribution in [0, 0.1) is 18.3 Å². The Morgan fingerprint density at radius 2 is 2.24 bits per heavy atom. The molecule has 5 heteroatoms. The fourth-order valence-electron chi connectivity index (χ4n) is 1.47. The van der Waals surface area contributed by atoms with Crippen molar-refractivity contribution in [3.05, 3.63) is 33.1 Å². The maximum absolute atomic E-state index is 8.76. The number of nitriles is 1. The smallest absolute Gasteiger partial charge is 0.194 e. The summed E-state index contributed by atoms with van der Waals surface area (Å²) < 4.78 is 5.30. The molecule has 0 amide bonds. The third-order valence-electron chi connectivity index (χ3n) is 2.36. The van der Waals surface area contributed by atoms with E-state index < -0.39 is 0 Å². The zero-order chi connectivity index (χ0) is 12.4. The molecular weight excluding hydrogens is 256 g/mol. The lowest BCUT2D eigenvalue weighted by atomic mass is 10.1. The Morgan fingerprint density at radius 3 is 2.82 bits per heavy atom. The van der Waals surface area contributed by atoms with Crippen molar-refractivity contribution < 1.29 is 4.74 Å². The van der Waals surface area contributed by atoms with E-state index in [0.717, 1.165) is 11.1 Å². The molecule has 1 aromatic carbocycles. The van der Waals surface area contributed by atoms with Crippen LogP contribution in [0.5, 0.6) is 5.75 Å². The van der Waals surface area contributed by atoms with E-state index in [1.165, 1.54) is 11.3 Å². The first kappa shape index (κ1) is 11.9. The number of rotatable bonds is 2. The molecule has 3 nitrogen and oxygen atoms in total. The van der Waals surface area contributed by atoms with Gasteiger partial charge in [-0.05, 0) is 24.6 Å². The zero-order valence-corrected chi connectivity index (χ0v) is 10.9. The van der Waals surface area contributed by atoms with Gasteiger partial charge in [-0.25, -0.2) is 4.98 Å². The van der Waals surface area contributed by atoms with Crippen LogP contribution in [0.2, 0.25) is 5.02 Å². The van der Waals surface area contributed by atoms with Gasteiger partial charge in [-0.3, -0.25) is 0 Å². The Kier molecular flexibility index (Phi) is 3.32. The molecule has 17 heavy (non-hydrogen) atoms. The van der Waals surface area contributed by atoms with E-state index in [9.17, 15) is 0 Å². The molecule has 2 aromatic rings. The van der Waals surface area contributed by atoms with Gasteiger partial charge in [0.05, 0.1) is 12.8 Å². The standard InChI is InChI=1S/C12H9ClN2OS/c1-7-3-11(16-2)8(4-9(7)13)10-6-17-12(5-14)15-10/h3-4,6H,1-2H3. The van der Waals surface area contributed by atoms with E-state index in [1.54, 1.807) is 7.11 Å². The van der Waals surface area contributed by atoms with E-state index in [4.69, 9.17) is 21.6 Å². The first-order valence-electron chi connectivity index (χ1n) is 4.86. The summed E-state index contributed by atoms with van der Waals surface area (Å²) in [6, 6.07) is 5.69. The summed E-state index contributed by atoms with van der Waals surface area (Å²) in [5.41, 5.74) is 2.47. The van der Waals surface area contributed by atoms with E-state index >= 15 is 0 Å². The Morgan fingerprint density at radius 1 is 1.47 bits per heavy atom. The second-order valence-corrected chi connectivity index (χ2v) is 4.72. The van der Waals surface area contributed by atoms with Crippen LogP contribution in [0.15, 0.2) is 17.5 Å². The fraction of sp³-hybridized carbons (Fsp3) is 0.167.